The summed E-state index contributed by atoms with van der Waals surface area (Å²) >= 11 is 0. The van der Waals surface area contributed by atoms with Crippen molar-refractivity contribution in [3.63, 3.8) is 0 Å². The molecule has 0 aliphatic carbocycles. The van der Waals surface area contributed by atoms with E-state index in [4.69, 9.17) is 4.74 Å². The summed E-state index contributed by atoms with van der Waals surface area (Å²) in [7, 11) is 0. The van der Waals surface area contributed by atoms with Crippen molar-refractivity contribution < 1.29 is 33.5 Å². The van der Waals surface area contributed by atoms with Gasteiger partial charge in [-0.1, -0.05) is 19.0 Å². The molecule has 150 valence electrons. The molecule has 1 aromatic rings. The zero-order valence-electron chi connectivity index (χ0n) is 15.6. The summed E-state index contributed by atoms with van der Waals surface area (Å²) in [5, 5.41) is 20.0. The molecule has 1 aromatic heterocycles. The van der Waals surface area contributed by atoms with Crippen molar-refractivity contribution in [2.45, 2.75) is 39.8 Å². The average molecular weight is 384 g/mol. The van der Waals surface area contributed by atoms with Crippen molar-refractivity contribution in [3.05, 3.63) is 12.0 Å². The van der Waals surface area contributed by atoms with Gasteiger partial charge in [-0.15, -0.1) is 0 Å². The Morgan fingerprint density at radius 3 is 2.37 bits per heavy atom. The first-order valence-electron chi connectivity index (χ1n) is 8.35. The third-order valence-electron chi connectivity index (χ3n) is 3.47. The van der Waals surface area contributed by atoms with Crippen LogP contribution in [0.3, 0.4) is 0 Å². The molecule has 3 amide bonds. The molecular weight excluding hydrogens is 360 g/mol. The minimum atomic E-state index is -1.02. The number of nitrogens with one attached hydrogen (secondary N) is 3. The second-order valence-corrected chi connectivity index (χ2v) is 6.00. The van der Waals surface area contributed by atoms with Crippen molar-refractivity contribution in [2.75, 3.05) is 13.2 Å². The van der Waals surface area contributed by atoms with Crippen molar-refractivity contribution >= 4 is 23.7 Å². The van der Waals surface area contributed by atoms with Crippen LogP contribution in [-0.2, 0) is 19.1 Å². The van der Waals surface area contributed by atoms with Gasteiger partial charge in [-0.05, 0) is 19.8 Å². The van der Waals surface area contributed by atoms with Gasteiger partial charge in [-0.3, -0.25) is 19.2 Å². The lowest BCUT2D eigenvalue weighted by Crippen LogP contribution is -2.55. The Hall–Kier alpha value is -3.11. The fourth-order valence-corrected chi connectivity index (χ4v) is 2.01. The van der Waals surface area contributed by atoms with Crippen LogP contribution in [0.5, 0.6) is 5.75 Å². The van der Waals surface area contributed by atoms with Crippen LogP contribution in [0, 0.1) is 5.92 Å². The lowest BCUT2D eigenvalue weighted by molar-refractivity contribution is -0.143. The molecule has 0 fully saturated rings. The number of hydrogen-bond donors (Lipinski definition) is 4. The van der Waals surface area contributed by atoms with Crippen molar-refractivity contribution in [2.24, 2.45) is 5.92 Å². The van der Waals surface area contributed by atoms with Crippen LogP contribution in [0.2, 0.25) is 0 Å². The highest BCUT2D eigenvalue weighted by atomic mass is 16.5. The summed E-state index contributed by atoms with van der Waals surface area (Å²) in [5.74, 6) is -3.32. The molecule has 0 bridgehead atoms. The first kappa shape index (κ1) is 21.9. The first-order valence-corrected chi connectivity index (χ1v) is 8.35. The van der Waals surface area contributed by atoms with Crippen LogP contribution < -0.4 is 16.0 Å². The number of rotatable bonds is 9. The molecule has 0 spiro atoms. The zero-order chi connectivity index (χ0) is 20.6. The fraction of sp³-hybridized carbons (Fsp3) is 0.562. The molecule has 0 aliphatic rings. The van der Waals surface area contributed by atoms with Gasteiger partial charge < -0.3 is 30.3 Å². The zero-order valence-corrected chi connectivity index (χ0v) is 15.6. The normalized spacial score (nSPS) is 12.8. The van der Waals surface area contributed by atoms with Crippen molar-refractivity contribution in [3.8, 4) is 5.75 Å². The standard InChI is InChI=1S/C16H24N4O7/c1-5-26-11(22)6-17-15(24)12(8(2)3)19-14(23)9(4)18-16(25)13-10(21)7-27-20-13/h7-9,12,21H,5-6H2,1-4H3,(H,17,24)(H,18,25)(H,19,23)/t9-,12-/m0/s1. The summed E-state index contributed by atoms with van der Waals surface area (Å²) in [4.78, 5) is 47.8. The van der Waals surface area contributed by atoms with Crippen molar-refractivity contribution in [1.29, 1.82) is 0 Å². The van der Waals surface area contributed by atoms with Crippen LogP contribution in [0.15, 0.2) is 10.8 Å². The maximum Gasteiger partial charge on any atom is 0.325 e. The SMILES string of the molecule is CCOC(=O)CNC(=O)[C@@H](NC(=O)[C@H](C)NC(=O)c1nocc1O)C(C)C. The van der Waals surface area contributed by atoms with E-state index in [1.165, 1.54) is 6.92 Å². The second-order valence-electron chi connectivity index (χ2n) is 6.00. The average Bonchev–Trinajstić information content (AvgIpc) is 3.03. The summed E-state index contributed by atoms with van der Waals surface area (Å²) < 4.78 is 9.17. The quantitative estimate of drug-likeness (QED) is 0.407. The van der Waals surface area contributed by atoms with E-state index in [2.05, 4.69) is 25.6 Å². The fourth-order valence-electron chi connectivity index (χ4n) is 2.01. The Balaban J connectivity index is 2.63. The number of aromatic nitrogens is 1. The number of carbonyl (C=O) groups excluding carboxylic acids is 4. The Morgan fingerprint density at radius 1 is 1.19 bits per heavy atom. The van der Waals surface area contributed by atoms with Gasteiger partial charge >= 0.3 is 5.97 Å². The molecular formula is C16H24N4O7. The number of ether oxygens (including phenoxy) is 1. The van der Waals surface area contributed by atoms with Gasteiger partial charge in [-0.2, -0.15) is 0 Å². The van der Waals surface area contributed by atoms with E-state index >= 15 is 0 Å². The Kier molecular flexibility index (Phi) is 8.24. The number of amides is 3. The van der Waals surface area contributed by atoms with E-state index in [1.807, 2.05) is 0 Å². The van der Waals surface area contributed by atoms with Crippen LogP contribution in [-0.4, -0.2) is 59.2 Å². The smallest absolute Gasteiger partial charge is 0.325 e. The minimum Gasteiger partial charge on any atom is -0.503 e. The van der Waals surface area contributed by atoms with E-state index in [1.54, 1.807) is 20.8 Å². The molecule has 2 atom stereocenters. The molecule has 0 aliphatic heterocycles. The van der Waals surface area contributed by atoms with E-state index < -0.39 is 41.5 Å². The Morgan fingerprint density at radius 2 is 1.85 bits per heavy atom. The van der Waals surface area contributed by atoms with Gasteiger partial charge in [0.15, 0.2) is 12.0 Å². The largest absolute Gasteiger partial charge is 0.503 e. The van der Waals surface area contributed by atoms with Gasteiger partial charge in [0.05, 0.1) is 6.61 Å². The molecule has 11 nitrogen and oxygen atoms in total. The number of esters is 1. The Bertz CT molecular complexity index is 686. The number of hydrogen-bond acceptors (Lipinski definition) is 8. The lowest BCUT2D eigenvalue weighted by atomic mass is 10.0. The van der Waals surface area contributed by atoms with E-state index in [0.29, 0.717) is 0 Å². The molecule has 27 heavy (non-hydrogen) atoms. The summed E-state index contributed by atoms with van der Waals surface area (Å²) in [6.07, 6.45) is 0.877. The minimum absolute atomic E-state index is 0.192. The lowest BCUT2D eigenvalue weighted by Gasteiger charge is -2.23. The van der Waals surface area contributed by atoms with Gasteiger partial charge in [0.1, 0.15) is 18.6 Å². The Labute approximate surface area is 155 Å². The van der Waals surface area contributed by atoms with Gasteiger partial charge in [0, 0.05) is 0 Å². The molecule has 1 heterocycles. The van der Waals surface area contributed by atoms with Crippen LogP contribution in [0.4, 0.5) is 0 Å². The third-order valence-corrected chi connectivity index (χ3v) is 3.47. The molecule has 0 saturated heterocycles. The molecule has 0 unspecified atom stereocenters. The molecule has 0 radical (unpaired) electrons. The van der Waals surface area contributed by atoms with Crippen LogP contribution >= 0.6 is 0 Å². The highest BCUT2D eigenvalue weighted by Gasteiger charge is 2.28. The second kappa shape index (κ2) is 10.1. The van der Waals surface area contributed by atoms with Crippen molar-refractivity contribution in [1.82, 2.24) is 21.1 Å². The highest BCUT2D eigenvalue weighted by Crippen LogP contribution is 2.13. The summed E-state index contributed by atoms with van der Waals surface area (Å²) in [6.45, 7) is 6.35. The number of carbonyl (C=O) groups is 4. The van der Waals surface area contributed by atoms with E-state index in [-0.39, 0.29) is 24.8 Å². The predicted molar refractivity (Wildman–Crippen MR) is 91.5 cm³/mol. The van der Waals surface area contributed by atoms with Gasteiger partial charge in [0.2, 0.25) is 17.5 Å². The van der Waals surface area contributed by atoms with E-state index in [0.717, 1.165) is 6.26 Å². The molecule has 4 N–H and O–H groups in total. The topological polar surface area (TPSA) is 160 Å². The molecule has 0 saturated carbocycles. The summed E-state index contributed by atoms with van der Waals surface area (Å²) in [5.41, 5.74) is -0.359. The molecule has 0 aromatic carbocycles. The van der Waals surface area contributed by atoms with Gasteiger partial charge in [0.25, 0.3) is 5.91 Å². The first-order chi connectivity index (χ1) is 12.7. The number of nitrogens with zero attached hydrogens (tertiary/aromatic N) is 1. The maximum atomic E-state index is 12.3. The maximum absolute atomic E-state index is 12.3. The van der Waals surface area contributed by atoms with E-state index in [9.17, 15) is 24.3 Å². The monoisotopic (exact) mass is 384 g/mol. The molecule has 1 rings (SSSR count). The third kappa shape index (κ3) is 6.60. The predicted octanol–water partition coefficient (Wildman–Crippen LogP) is -0.681. The van der Waals surface area contributed by atoms with Crippen LogP contribution in [0.25, 0.3) is 0 Å². The summed E-state index contributed by atoms with van der Waals surface area (Å²) in [6, 6.07) is -1.94. The molecule has 11 heteroatoms. The van der Waals surface area contributed by atoms with Crippen LogP contribution in [0.1, 0.15) is 38.2 Å². The highest BCUT2D eigenvalue weighted by molar-refractivity contribution is 5.98. The number of aromatic hydroxyl groups is 1. The van der Waals surface area contributed by atoms with Gasteiger partial charge in [-0.25, -0.2) is 0 Å².